The van der Waals surface area contributed by atoms with Crippen molar-refractivity contribution in [1.29, 1.82) is 0 Å². The molecule has 5 N–H and O–H groups in total. The average molecular weight is 1030 g/mol. The maximum atomic E-state index is 15.2. The molecule has 14 bridgehead atoms. The van der Waals surface area contributed by atoms with Crippen LogP contribution >= 0.6 is 21.6 Å². The zero-order valence-electron chi connectivity index (χ0n) is 43.4. The molecule has 2 aromatic carbocycles. The second-order valence-electron chi connectivity index (χ2n) is 26.0. The number of rotatable bonds is 2. The van der Waals surface area contributed by atoms with Crippen molar-refractivity contribution in [3.63, 3.8) is 0 Å². The van der Waals surface area contributed by atoms with Crippen LogP contribution in [0.4, 0.5) is 0 Å². The van der Waals surface area contributed by atoms with Gasteiger partial charge in [-0.2, -0.15) is 0 Å². The minimum absolute atomic E-state index is 0.0832. The van der Waals surface area contributed by atoms with E-state index >= 15 is 4.79 Å². The fourth-order valence-electron chi connectivity index (χ4n) is 18.8. The minimum atomic E-state index is -0.784. The number of nitrogens with one attached hydrogen (secondary N) is 1. The summed E-state index contributed by atoms with van der Waals surface area (Å²) in [5, 5.41) is 29.0. The summed E-state index contributed by atoms with van der Waals surface area (Å²) in [5.41, 5.74) is 9.39. The molecular formula is C61H80N4O6S2. The number of ether oxygens (including phenoxy) is 2. The van der Waals surface area contributed by atoms with E-state index in [0.29, 0.717) is 74.2 Å². The van der Waals surface area contributed by atoms with E-state index in [1.807, 2.05) is 4.90 Å². The summed E-state index contributed by atoms with van der Waals surface area (Å²) >= 11 is 0. The number of amides is 1. The highest BCUT2D eigenvalue weighted by Crippen LogP contribution is 2.67. The summed E-state index contributed by atoms with van der Waals surface area (Å²) in [5.74, 6) is 12.7. The summed E-state index contributed by atoms with van der Waals surface area (Å²) in [6.07, 6.45) is 23.6. The number of hydrogen-bond donors (Lipinski definition) is 4. The molecule has 0 radical (unpaired) electrons. The lowest BCUT2D eigenvalue weighted by Crippen LogP contribution is -2.56. The number of fused-ring (bicyclic) bond motifs is 4. The Labute approximate surface area is 442 Å². The van der Waals surface area contributed by atoms with E-state index in [9.17, 15) is 15.0 Å². The second-order valence-corrected chi connectivity index (χ2v) is 28.6. The molecule has 1 saturated heterocycles. The number of carbonyl (C=O) groups is 2. The highest BCUT2D eigenvalue weighted by atomic mass is 33.1. The molecule has 10 nitrogen and oxygen atoms in total. The molecule has 0 aromatic heterocycles. The zero-order chi connectivity index (χ0) is 49.8. The number of phenols is 1. The van der Waals surface area contributed by atoms with Crippen molar-refractivity contribution < 1.29 is 29.3 Å². The highest BCUT2D eigenvalue weighted by molar-refractivity contribution is 8.77. The Morgan fingerprint density at radius 1 is 0.932 bits per heavy atom. The van der Waals surface area contributed by atoms with Crippen molar-refractivity contribution in [2.45, 2.75) is 208 Å². The van der Waals surface area contributed by atoms with Gasteiger partial charge in [0.15, 0.2) is 17.5 Å². The topological polar surface area (TPSA) is 147 Å². The van der Waals surface area contributed by atoms with Gasteiger partial charge in [0.1, 0.15) is 16.1 Å². The first-order valence-corrected chi connectivity index (χ1v) is 31.3. The summed E-state index contributed by atoms with van der Waals surface area (Å²) in [4.78, 5) is 35.5. The number of benzene rings is 2. The minimum Gasteiger partial charge on any atom is -0.504 e. The normalized spacial score (nSPS) is 42.8. The Bertz CT molecular complexity index is 2600. The molecule has 12 heteroatoms. The Kier molecular flexibility index (Phi) is 12.5. The molecule has 7 aliphatic heterocycles. The number of hydrogen-bond acceptors (Lipinski definition) is 11. The first kappa shape index (κ1) is 49.1. The van der Waals surface area contributed by atoms with Crippen LogP contribution in [-0.2, 0) is 27.3 Å². The van der Waals surface area contributed by atoms with Crippen LogP contribution in [0.1, 0.15) is 195 Å². The molecule has 5 spiro atoms. The number of carbonyl (C=O) groups excluding carboxylic acids is 2. The summed E-state index contributed by atoms with van der Waals surface area (Å²) in [6.45, 7) is 2.72. The molecule has 14 aliphatic rings. The summed E-state index contributed by atoms with van der Waals surface area (Å²) in [7, 11) is 4.12. The van der Waals surface area contributed by atoms with E-state index in [0.717, 1.165) is 119 Å². The molecule has 392 valence electrons. The van der Waals surface area contributed by atoms with Gasteiger partial charge in [-0.3, -0.25) is 14.6 Å². The largest absolute Gasteiger partial charge is 0.504 e. The van der Waals surface area contributed by atoms with Crippen molar-refractivity contribution in [2.24, 2.45) is 56.6 Å². The van der Waals surface area contributed by atoms with Gasteiger partial charge < -0.3 is 35.6 Å². The number of aliphatic imine (C=N–C) groups is 1. The predicted molar refractivity (Wildman–Crippen MR) is 289 cm³/mol. The van der Waals surface area contributed by atoms with Gasteiger partial charge in [-0.1, -0.05) is 57.8 Å². The lowest BCUT2D eigenvalue weighted by molar-refractivity contribution is -0.170. The van der Waals surface area contributed by atoms with E-state index in [2.05, 4.69) is 75.1 Å². The number of nitrogens with two attached hydrogens (primary N) is 1. The van der Waals surface area contributed by atoms with Gasteiger partial charge >= 0.3 is 5.97 Å². The lowest BCUT2D eigenvalue weighted by Gasteiger charge is -2.46. The Morgan fingerprint density at radius 2 is 1.79 bits per heavy atom. The monoisotopic (exact) mass is 1030 g/mol. The number of nitrogens with zero attached hydrogens (tertiary/aromatic N) is 2. The van der Waals surface area contributed by atoms with Gasteiger partial charge in [0.25, 0.3) is 0 Å². The van der Waals surface area contributed by atoms with Crippen LogP contribution < -0.4 is 15.8 Å². The molecule has 1 amide bonds. The van der Waals surface area contributed by atoms with E-state index in [1.165, 1.54) is 51.0 Å². The van der Waals surface area contributed by atoms with E-state index in [1.54, 1.807) is 0 Å². The van der Waals surface area contributed by atoms with E-state index < -0.39 is 22.5 Å². The second kappa shape index (κ2) is 18.6. The predicted octanol–water partition coefficient (Wildman–Crippen LogP) is 11.4. The third-order valence-electron chi connectivity index (χ3n) is 22.4. The molecule has 73 heavy (non-hydrogen) atoms. The fourth-order valence-corrected chi connectivity index (χ4v) is 22.7. The van der Waals surface area contributed by atoms with Crippen molar-refractivity contribution in [3.05, 3.63) is 58.7 Å². The van der Waals surface area contributed by atoms with Crippen LogP contribution in [0.25, 0.3) is 0 Å². The third kappa shape index (κ3) is 8.17. The smallest absolute Gasteiger partial charge is 0.303 e. The average Bonchev–Trinajstić information content (AvgIpc) is 4.17. The van der Waals surface area contributed by atoms with Crippen LogP contribution in [0, 0.1) is 57.7 Å². The van der Waals surface area contributed by atoms with Gasteiger partial charge in [0.05, 0.1) is 18.1 Å². The number of aliphatic hydroxyl groups is 1. The molecule has 7 saturated carbocycles. The van der Waals surface area contributed by atoms with Gasteiger partial charge in [-0.25, -0.2) is 0 Å². The van der Waals surface area contributed by atoms with Gasteiger partial charge in [-0.05, 0) is 200 Å². The van der Waals surface area contributed by atoms with Crippen LogP contribution in [0.3, 0.4) is 0 Å². The number of esters is 1. The first-order chi connectivity index (χ1) is 35.3. The summed E-state index contributed by atoms with van der Waals surface area (Å²) < 4.78 is 13.7. The van der Waals surface area contributed by atoms with E-state index in [4.69, 9.17) is 20.2 Å². The number of aromatic hydroxyl groups is 1. The molecule has 8 fully saturated rings. The Hall–Kier alpha value is -3.53. The van der Waals surface area contributed by atoms with Gasteiger partial charge in [0, 0.05) is 67.0 Å². The number of aryl methyl sites for hydroxylation is 1. The quantitative estimate of drug-likeness (QED) is 0.130. The standard InChI is InChI=1S/C61H80N4O6S2/c1-39(66)70-58-27-17-44-30-46(53(69)54-52(44)45-18-29-60(71-54)23-6-11-47(60)31-45)35-65-38-59(34-51(65)68)49(43-9-3-2-4-10-43)20-26-57(59)21-5-8-40-16-25-56(32-40)22-7-24-61(56,64-55(62)63-37-57)73-72-36-41-12-14-42(15-13-41)48(19-28-58)50(67)33-58/h2-4,9-10,30,40-42,45,47-50,67,69H,6-8,11-20,22-29,31-38H2,1H3,(H3,62,63,64). The molecule has 12 unspecified atom stereocenters. The zero-order valence-corrected chi connectivity index (χ0v) is 45.0. The van der Waals surface area contributed by atoms with Crippen LogP contribution in [0.5, 0.6) is 11.5 Å². The van der Waals surface area contributed by atoms with Crippen molar-refractivity contribution in [2.75, 3.05) is 18.8 Å². The third-order valence-corrected chi connectivity index (χ3v) is 25.8. The van der Waals surface area contributed by atoms with Crippen molar-refractivity contribution >= 4 is 39.4 Å². The molecule has 16 rings (SSSR count). The van der Waals surface area contributed by atoms with E-state index in [-0.39, 0.29) is 57.8 Å². The van der Waals surface area contributed by atoms with Crippen molar-refractivity contribution in [1.82, 2.24) is 10.2 Å². The molecule has 7 aliphatic carbocycles. The van der Waals surface area contributed by atoms with Gasteiger partial charge in [-0.15, -0.1) is 5.92 Å². The molecule has 2 aromatic rings. The van der Waals surface area contributed by atoms with Crippen LogP contribution in [0.2, 0.25) is 0 Å². The molecular weight excluding hydrogens is 949 g/mol. The Balaban J connectivity index is 0.925. The van der Waals surface area contributed by atoms with Crippen molar-refractivity contribution in [3.8, 4) is 23.3 Å². The highest BCUT2D eigenvalue weighted by Gasteiger charge is 2.65. The maximum Gasteiger partial charge on any atom is 0.303 e. The first-order valence-electron chi connectivity index (χ1n) is 29.0. The number of guanidine groups is 1. The summed E-state index contributed by atoms with van der Waals surface area (Å²) in [6, 6.07) is 13.0. The molecule has 12 atom stereocenters. The lowest BCUT2D eigenvalue weighted by atomic mass is 9.60. The molecule has 7 heterocycles. The van der Waals surface area contributed by atoms with Crippen LogP contribution in [0.15, 0.2) is 41.4 Å². The SMILES string of the molecule is CC(=O)OC12CCc3cc(c(O)c4c3C3CCC5(CCCC5C3)O4)CN3CC4(CC3=O)C(c3ccccc3)CCC43C#CCC4CCC5(CCCC5(NC(N)=NC3)SSCC3CCC(CC3)C(CC1)C(O)C2)C4. The number of aliphatic hydroxyl groups excluding tert-OH is 1. The maximum absolute atomic E-state index is 15.2. The Morgan fingerprint density at radius 3 is 2.63 bits per heavy atom. The van der Waals surface area contributed by atoms with Gasteiger partial charge in [0.2, 0.25) is 5.91 Å². The van der Waals surface area contributed by atoms with Crippen LogP contribution in [-0.4, -0.2) is 74.0 Å². The fraction of sp³-hybridized carbons (Fsp3) is 0.721. The number of phenolic OH excluding ortho intramolecular Hbond substituents is 1.